The molecule has 0 aromatic heterocycles. The molecule has 0 aliphatic heterocycles. The number of esters is 2. The smallest absolute Gasteiger partial charge is 0.338 e. The molecule has 0 spiro atoms. The minimum atomic E-state index is -0.622. The molecule has 3 nitrogen and oxygen atoms in total. The third-order valence-corrected chi connectivity index (χ3v) is 1.06. The Kier molecular flexibility index (Phi) is 5.61. The van der Waals surface area contributed by atoms with Gasteiger partial charge in [-0.2, -0.15) is 0 Å². The highest BCUT2D eigenvalue weighted by Gasteiger charge is 2.02. The van der Waals surface area contributed by atoms with E-state index in [0.29, 0.717) is 6.42 Å². The molecule has 0 saturated carbocycles. The molecule has 0 N–H and O–H groups in total. The number of hydrogen-bond acceptors (Lipinski definition) is 3. The zero-order chi connectivity index (χ0) is 9.40. The van der Waals surface area contributed by atoms with Gasteiger partial charge in [-0.25, -0.2) is 4.79 Å². The summed E-state index contributed by atoms with van der Waals surface area (Å²) in [4.78, 5) is 21.3. The Bertz CT molecular complexity index is 204. The Labute approximate surface area is 71.7 Å². The molecule has 0 rings (SSSR count). The van der Waals surface area contributed by atoms with Gasteiger partial charge in [-0.3, -0.25) is 4.79 Å². The molecule has 0 aromatic carbocycles. The van der Waals surface area contributed by atoms with Crippen molar-refractivity contribution >= 4 is 11.9 Å². The van der Waals surface area contributed by atoms with Crippen LogP contribution >= 0.6 is 0 Å². The van der Waals surface area contributed by atoms with Crippen molar-refractivity contribution in [2.24, 2.45) is 0 Å². The van der Waals surface area contributed by atoms with Crippen LogP contribution in [0.3, 0.4) is 0 Å². The van der Waals surface area contributed by atoms with Gasteiger partial charge in [-0.1, -0.05) is 19.1 Å². The highest BCUT2D eigenvalue weighted by molar-refractivity contribution is 5.91. The molecule has 0 aromatic rings. The van der Waals surface area contributed by atoms with E-state index in [0.717, 1.165) is 0 Å². The van der Waals surface area contributed by atoms with Crippen LogP contribution < -0.4 is 0 Å². The van der Waals surface area contributed by atoms with Gasteiger partial charge in [-0.15, -0.1) is 6.58 Å². The monoisotopic (exact) mass is 168 g/mol. The summed E-state index contributed by atoms with van der Waals surface area (Å²) in [5, 5.41) is 0. The Hall–Kier alpha value is -1.38. The normalized spacial score (nSPS) is 9.75. The fourth-order valence-electron chi connectivity index (χ4n) is 0.479. The Morgan fingerprint density at radius 2 is 2.17 bits per heavy atom. The van der Waals surface area contributed by atoms with E-state index in [1.54, 1.807) is 19.1 Å². The van der Waals surface area contributed by atoms with Crippen molar-refractivity contribution in [1.29, 1.82) is 0 Å². The van der Waals surface area contributed by atoms with Crippen LogP contribution in [0, 0.1) is 0 Å². The molecule has 0 aliphatic rings. The van der Waals surface area contributed by atoms with Crippen molar-refractivity contribution in [2.75, 3.05) is 0 Å². The number of hydrogen-bond donors (Lipinski definition) is 0. The molecule has 0 unspecified atom stereocenters. The highest BCUT2D eigenvalue weighted by Crippen LogP contribution is 1.89. The number of carbonyl (C=O) groups is 2. The molecular weight excluding hydrogens is 156 g/mol. The van der Waals surface area contributed by atoms with E-state index in [9.17, 15) is 9.59 Å². The van der Waals surface area contributed by atoms with Crippen LogP contribution in [-0.4, -0.2) is 11.9 Å². The Balaban J connectivity index is 3.73. The van der Waals surface area contributed by atoms with E-state index in [4.69, 9.17) is 0 Å². The van der Waals surface area contributed by atoms with E-state index >= 15 is 0 Å². The molecule has 0 amide bonds. The van der Waals surface area contributed by atoms with Crippen LogP contribution in [-0.2, 0) is 14.3 Å². The lowest BCUT2D eigenvalue weighted by atomic mass is 10.4. The molecule has 12 heavy (non-hydrogen) atoms. The number of ether oxygens (including phenoxy) is 1. The first-order valence-corrected chi connectivity index (χ1v) is 3.72. The summed E-state index contributed by atoms with van der Waals surface area (Å²) in [6.07, 6.45) is 5.25. The summed E-state index contributed by atoms with van der Waals surface area (Å²) in [6, 6.07) is 0. The molecule has 0 heterocycles. The summed E-state index contributed by atoms with van der Waals surface area (Å²) in [7, 11) is 0. The minimum Gasteiger partial charge on any atom is -0.390 e. The Morgan fingerprint density at radius 1 is 1.50 bits per heavy atom. The number of carbonyl (C=O) groups excluding carboxylic acids is 2. The molecule has 0 radical (unpaired) electrons. The Morgan fingerprint density at radius 3 is 2.67 bits per heavy atom. The molecule has 0 fully saturated rings. The summed E-state index contributed by atoms with van der Waals surface area (Å²) in [5.74, 6) is -1.13. The van der Waals surface area contributed by atoms with E-state index in [2.05, 4.69) is 11.3 Å². The van der Waals surface area contributed by atoms with Gasteiger partial charge in [0.25, 0.3) is 0 Å². The molecular formula is C9H12O3. The van der Waals surface area contributed by atoms with Crippen LogP contribution in [0.1, 0.15) is 19.8 Å². The van der Waals surface area contributed by atoms with Gasteiger partial charge in [0.05, 0.1) is 0 Å². The molecule has 3 heteroatoms. The lowest BCUT2D eigenvalue weighted by Gasteiger charge is -1.94. The summed E-state index contributed by atoms with van der Waals surface area (Å²) >= 11 is 0. The zero-order valence-corrected chi connectivity index (χ0v) is 7.08. The van der Waals surface area contributed by atoms with E-state index < -0.39 is 11.9 Å². The van der Waals surface area contributed by atoms with Gasteiger partial charge in [0.2, 0.25) is 0 Å². The first-order chi connectivity index (χ1) is 5.70. The summed E-state index contributed by atoms with van der Waals surface area (Å²) in [5.41, 5.74) is 0. The highest BCUT2D eigenvalue weighted by atomic mass is 16.6. The lowest BCUT2D eigenvalue weighted by Crippen LogP contribution is -2.08. The van der Waals surface area contributed by atoms with E-state index in [1.807, 2.05) is 0 Å². The standard InChI is InChI=1S/C9H12O3/c1-3-5-6-7-9(11)12-8(10)4-2/h3,6-7H,1,4-5H2,2H3. The van der Waals surface area contributed by atoms with Crippen LogP contribution in [0.4, 0.5) is 0 Å². The second-order valence-electron chi connectivity index (χ2n) is 2.07. The second-order valence-corrected chi connectivity index (χ2v) is 2.07. The maximum Gasteiger partial charge on any atom is 0.338 e. The van der Waals surface area contributed by atoms with Crippen molar-refractivity contribution in [1.82, 2.24) is 0 Å². The van der Waals surface area contributed by atoms with Crippen molar-refractivity contribution < 1.29 is 14.3 Å². The SMILES string of the molecule is C=CCC=CC(=O)OC(=O)CC. The molecule has 66 valence electrons. The average Bonchev–Trinajstić information content (AvgIpc) is 2.05. The van der Waals surface area contributed by atoms with E-state index in [1.165, 1.54) is 6.08 Å². The fraction of sp³-hybridized carbons (Fsp3) is 0.333. The fourth-order valence-corrected chi connectivity index (χ4v) is 0.479. The van der Waals surface area contributed by atoms with Crippen LogP contribution in [0.5, 0.6) is 0 Å². The van der Waals surface area contributed by atoms with Crippen molar-refractivity contribution in [3.63, 3.8) is 0 Å². The molecule has 0 saturated heterocycles. The third kappa shape index (κ3) is 5.41. The quantitative estimate of drug-likeness (QED) is 0.277. The predicted molar refractivity (Wildman–Crippen MR) is 45.3 cm³/mol. The van der Waals surface area contributed by atoms with Gasteiger partial charge < -0.3 is 4.74 Å². The maximum absolute atomic E-state index is 10.7. The first kappa shape index (κ1) is 10.6. The lowest BCUT2D eigenvalue weighted by molar-refractivity contribution is -0.155. The largest absolute Gasteiger partial charge is 0.390 e. The van der Waals surface area contributed by atoms with Crippen LogP contribution in [0.15, 0.2) is 24.8 Å². The topological polar surface area (TPSA) is 43.4 Å². The first-order valence-electron chi connectivity index (χ1n) is 3.72. The molecule has 0 bridgehead atoms. The molecule has 0 aliphatic carbocycles. The van der Waals surface area contributed by atoms with Crippen molar-refractivity contribution in [3.05, 3.63) is 24.8 Å². The summed E-state index contributed by atoms with van der Waals surface area (Å²) in [6.45, 7) is 5.09. The number of rotatable bonds is 4. The van der Waals surface area contributed by atoms with Gasteiger partial charge in [-0.05, 0) is 6.42 Å². The zero-order valence-electron chi connectivity index (χ0n) is 7.08. The van der Waals surface area contributed by atoms with E-state index in [-0.39, 0.29) is 6.42 Å². The van der Waals surface area contributed by atoms with Gasteiger partial charge in [0.15, 0.2) is 0 Å². The molecule has 0 atom stereocenters. The third-order valence-electron chi connectivity index (χ3n) is 1.06. The predicted octanol–water partition coefficient (Wildman–Crippen LogP) is 1.60. The van der Waals surface area contributed by atoms with Gasteiger partial charge >= 0.3 is 11.9 Å². The maximum atomic E-state index is 10.7. The van der Waals surface area contributed by atoms with Crippen LogP contribution in [0.25, 0.3) is 0 Å². The van der Waals surface area contributed by atoms with Crippen molar-refractivity contribution in [2.45, 2.75) is 19.8 Å². The summed E-state index contributed by atoms with van der Waals surface area (Å²) < 4.78 is 4.35. The number of allylic oxidation sites excluding steroid dienone is 2. The van der Waals surface area contributed by atoms with Gasteiger partial charge in [0.1, 0.15) is 0 Å². The van der Waals surface area contributed by atoms with Crippen LogP contribution in [0.2, 0.25) is 0 Å². The van der Waals surface area contributed by atoms with Gasteiger partial charge in [0, 0.05) is 12.5 Å². The second kappa shape index (κ2) is 6.34. The average molecular weight is 168 g/mol. The minimum absolute atomic E-state index is 0.209. The van der Waals surface area contributed by atoms with Crippen molar-refractivity contribution in [3.8, 4) is 0 Å².